The molecule has 1 amide bonds. The molecule has 2 rings (SSSR count). The average molecular weight is 343 g/mol. The molecule has 0 heterocycles. The van der Waals surface area contributed by atoms with Crippen molar-refractivity contribution < 1.29 is 4.79 Å². The van der Waals surface area contributed by atoms with Crippen molar-refractivity contribution >= 4 is 27.5 Å². The van der Waals surface area contributed by atoms with E-state index in [-0.39, 0.29) is 5.91 Å². The molecule has 0 saturated heterocycles. The number of nitrogens with zero attached hydrogens (tertiary/aromatic N) is 1. The predicted octanol–water partition coefficient (Wildman–Crippen LogP) is 4.50. The summed E-state index contributed by atoms with van der Waals surface area (Å²) in [5.74, 6) is -0.195. The molecule has 1 N–H and O–H groups in total. The number of benzene rings is 2. The van der Waals surface area contributed by atoms with Crippen LogP contribution in [-0.2, 0) is 0 Å². The van der Waals surface area contributed by atoms with E-state index in [2.05, 4.69) is 27.3 Å². The molecule has 2 aromatic rings. The number of nitriles is 1. The second kappa shape index (κ2) is 6.11. The number of aryl methyl sites for hydroxylation is 3. The van der Waals surface area contributed by atoms with Crippen LogP contribution < -0.4 is 5.32 Å². The largest absolute Gasteiger partial charge is 0.321 e. The Morgan fingerprint density at radius 1 is 1.14 bits per heavy atom. The van der Waals surface area contributed by atoms with Gasteiger partial charge in [0.25, 0.3) is 5.91 Å². The molecule has 2 aromatic carbocycles. The van der Waals surface area contributed by atoms with Gasteiger partial charge in [-0.25, -0.2) is 0 Å². The molecule has 0 unspecified atom stereocenters. The van der Waals surface area contributed by atoms with Gasteiger partial charge in [0.15, 0.2) is 0 Å². The Kier molecular flexibility index (Phi) is 4.44. The van der Waals surface area contributed by atoms with Crippen molar-refractivity contribution in [3.8, 4) is 6.07 Å². The van der Waals surface area contributed by atoms with E-state index in [1.165, 1.54) is 0 Å². The second-order valence-corrected chi connectivity index (χ2v) is 5.95. The van der Waals surface area contributed by atoms with E-state index in [1.54, 1.807) is 18.2 Å². The number of carbonyl (C=O) groups is 1. The molecule has 4 heteroatoms. The molecule has 106 valence electrons. The summed E-state index contributed by atoms with van der Waals surface area (Å²) in [6.07, 6.45) is 0. The standard InChI is InChI=1S/C17H15BrN2O/c1-10-6-11(2)16(12(3)7-10)17(21)20-15-8-14(18)5-4-13(15)9-19/h4-8H,1-3H3,(H,20,21). The number of halogens is 1. The van der Waals surface area contributed by atoms with E-state index in [1.807, 2.05) is 32.9 Å². The van der Waals surface area contributed by atoms with Gasteiger partial charge < -0.3 is 5.32 Å². The highest BCUT2D eigenvalue weighted by Crippen LogP contribution is 2.23. The normalized spacial score (nSPS) is 10.0. The summed E-state index contributed by atoms with van der Waals surface area (Å²) >= 11 is 3.35. The number of amides is 1. The first-order valence-corrected chi connectivity index (χ1v) is 7.30. The first-order chi connectivity index (χ1) is 9.92. The van der Waals surface area contributed by atoms with Gasteiger partial charge in [0, 0.05) is 10.0 Å². The number of rotatable bonds is 2. The SMILES string of the molecule is Cc1cc(C)c(C(=O)Nc2cc(Br)ccc2C#N)c(C)c1. The van der Waals surface area contributed by atoms with Crippen LogP contribution in [0.3, 0.4) is 0 Å². The molecule has 0 aliphatic carbocycles. The maximum absolute atomic E-state index is 12.5. The minimum Gasteiger partial charge on any atom is -0.321 e. The van der Waals surface area contributed by atoms with Gasteiger partial charge in [0.05, 0.1) is 11.3 Å². The Balaban J connectivity index is 2.40. The van der Waals surface area contributed by atoms with Crippen molar-refractivity contribution in [2.45, 2.75) is 20.8 Å². The highest BCUT2D eigenvalue weighted by molar-refractivity contribution is 9.10. The van der Waals surface area contributed by atoms with Gasteiger partial charge in [-0.2, -0.15) is 5.26 Å². The van der Waals surface area contributed by atoms with Gasteiger partial charge in [-0.15, -0.1) is 0 Å². The Morgan fingerprint density at radius 3 is 2.33 bits per heavy atom. The molecule has 3 nitrogen and oxygen atoms in total. The lowest BCUT2D eigenvalue weighted by Crippen LogP contribution is -2.16. The molecular weight excluding hydrogens is 328 g/mol. The van der Waals surface area contributed by atoms with Crippen LogP contribution in [0.5, 0.6) is 0 Å². The molecular formula is C17H15BrN2O. The zero-order chi connectivity index (χ0) is 15.6. The minimum atomic E-state index is -0.195. The number of hydrogen-bond donors (Lipinski definition) is 1. The molecule has 0 atom stereocenters. The van der Waals surface area contributed by atoms with Crippen LogP contribution >= 0.6 is 15.9 Å². The highest BCUT2D eigenvalue weighted by atomic mass is 79.9. The zero-order valence-corrected chi connectivity index (χ0v) is 13.7. The molecule has 0 saturated carbocycles. The monoisotopic (exact) mass is 342 g/mol. The smallest absolute Gasteiger partial charge is 0.256 e. The topological polar surface area (TPSA) is 52.9 Å². The summed E-state index contributed by atoms with van der Waals surface area (Å²) in [4.78, 5) is 12.5. The molecule has 0 bridgehead atoms. The van der Waals surface area contributed by atoms with Gasteiger partial charge in [0.2, 0.25) is 0 Å². The number of carbonyl (C=O) groups excluding carboxylic acids is 1. The molecule has 0 radical (unpaired) electrons. The third kappa shape index (κ3) is 3.32. The third-order valence-corrected chi connectivity index (χ3v) is 3.75. The Morgan fingerprint density at radius 2 is 1.76 bits per heavy atom. The summed E-state index contributed by atoms with van der Waals surface area (Å²) in [7, 11) is 0. The van der Waals surface area contributed by atoms with Gasteiger partial charge in [0.1, 0.15) is 6.07 Å². The zero-order valence-electron chi connectivity index (χ0n) is 12.1. The number of anilines is 1. The summed E-state index contributed by atoms with van der Waals surface area (Å²) in [5.41, 5.74) is 4.59. The van der Waals surface area contributed by atoms with Crippen molar-refractivity contribution in [2.24, 2.45) is 0 Å². The lowest BCUT2D eigenvalue weighted by Gasteiger charge is -2.12. The molecule has 0 aliphatic rings. The van der Waals surface area contributed by atoms with Gasteiger partial charge in [-0.1, -0.05) is 33.6 Å². The highest BCUT2D eigenvalue weighted by Gasteiger charge is 2.14. The van der Waals surface area contributed by atoms with Gasteiger partial charge in [-0.3, -0.25) is 4.79 Å². The lowest BCUT2D eigenvalue weighted by atomic mass is 9.99. The predicted molar refractivity (Wildman–Crippen MR) is 87.5 cm³/mol. The molecule has 21 heavy (non-hydrogen) atoms. The maximum atomic E-state index is 12.5. The van der Waals surface area contributed by atoms with Crippen molar-refractivity contribution in [3.63, 3.8) is 0 Å². The Labute approximate surface area is 132 Å². The lowest BCUT2D eigenvalue weighted by molar-refractivity contribution is 0.102. The van der Waals surface area contributed by atoms with Crippen LogP contribution in [0.25, 0.3) is 0 Å². The van der Waals surface area contributed by atoms with Crippen LogP contribution in [0.15, 0.2) is 34.8 Å². The summed E-state index contributed by atoms with van der Waals surface area (Å²) in [5, 5.41) is 12.0. The molecule has 0 fully saturated rings. The van der Waals surface area contributed by atoms with E-state index in [4.69, 9.17) is 5.26 Å². The maximum Gasteiger partial charge on any atom is 0.256 e. The van der Waals surface area contributed by atoms with Crippen molar-refractivity contribution in [1.29, 1.82) is 5.26 Å². The summed E-state index contributed by atoms with van der Waals surface area (Å²) < 4.78 is 0.814. The van der Waals surface area contributed by atoms with E-state index in [9.17, 15) is 4.79 Å². The van der Waals surface area contributed by atoms with Gasteiger partial charge >= 0.3 is 0 Å². The van der Waals surface area contributed by atoms with Crippen LogP contribution in [0, 0.1) is 32.1 Å². The molecule has 0 spiro atoms. The number of nitrogens with one attached hydrogen (secondary N) is 1. The second-order valence-electron chi connectivity index (χ2n) is 5.03. The van der Waals surface area contributed by atoms with Crippen LogP contribution in [0.2, 0.25) is 0 Å². The summed E-state index contributed by atoms with van der Waals surface area (Å²) in [6.45, 7) is 5.84. The average Bonchev–Trinajstić information content (AvgIpc) is 2.37. The molecule has 0 aromatic heterocycles. The first-order valence-electron chi connectivity index (χ1n) is 6.51. The number of hydrogen-bond acceptors (Lipinski definition) is 2. The first kappa shape index (κ1) is 15.3. The van der Waals surface area contributed by atoms with Crippen LogP contribution in [0.4, 0.5) is 5.69 Å². The fourth-order valence-electron chi connectivity index (χ4n) is 2.44. The minimum absolute atomic E-state index is 0.195. The fraction of sp³-hybridized carbons (Fsp3) is 0.176. The van der Waals surface area contributed by atoms with Crippen LogP contribution in [0.1, 0.15) is 32.6 Å². The van der Waals surface area contributed by atoms with Crippen molar-refractivity contribution in [1.82, 2.24) is 0 Å². The van der Waals surface area contributed by atoms with Gasteiger partial charge in [-0.05, 0) is 50.1 Å². The fourth-order valence-corrected chi connectivity index (χ4v) is 2.80. The van der Waals surface area contributed by atoms with Crippen LogP contribution in [-0.4, -0.2) is 5.91 Å². The van der Waals surface area contributed by atoms with E-state index in [0.717, 1.165) is 21.2 Å². The van der Waals surface area contributed by atoms with Crippen molar-refractivity contribution in [2.75, 3.05) is 5.32 Å². The van der Waals surface area contributed by atoms with E-state index in [0.29, 0.717) is 16.8 Å². The Bertz CT molecular complexity index is 737. The van der Waals surface area contributed by atoms with Crippen molar-refractivity contribution in [3.05, 3.63) is 62.6 Å². The Hall–Kier alpha value is -2.12. The summed E-state index contributed by atoms with van der Waals surface area (Å²) in [6, 6.07) is 11.2. The van der Waals surface area contributed by atoms with E-state index >= 15 is 0 Å². The third-order valence-electron chi connectivity index (χ3n) is 3.25. The quantitative estimate of drug-likeness (QED) is 0.873. The molecule has 0 aliphatic heterocycles. The van der Waals surface area contributed by atoms with E-state index < -0.39 is 0 Å².